The Morgan fingerprint density at radius 3 is 2.77 bits per heavy atom. The number of nitrogens with zero attached hydrogens (tertiary/aromatic N) is 2. The lowest BCUT2D eigenvalue weighted by atomic mass is 9.73. The van der Waals surface area contributed by atoms with Crippen LogP contribution in [0.5, 0.6) is 5.75 Å². The summed E-state index contributed by atoms with van der Waals surface area (Å²) in [5.74, 6) is 0.633. The molecule has 1 atom stereocenters. The maximum Gasteiger partial charge on any atom is 0.249 e. The third kappa shape index (κ3) is 6.07. The molecule has 0 unspecified atom stereocenters. The number of piperidine rings is 1. The molecule has 35 heavy (non-hydrogen) atoms. The highest BCUT2D eigenvalue weighted by atomic mass is 32.2. The number of hydroxylamine groups is 1. The van der Waals surface area contributed by atoms with E-state index in [0.717, 1.165) is 36.8 Å². The molecule has 0 radical (unpaired) electrons. The van der Waals surface area contributed by atoms with Gasteiger partial charge >= 0.3 is 0 Å². The summed E-state index contributed by atoms with van der Waals surface area (Å²) in [5, 5.41) is 21.8. The predicted molar refractivity (Wildman–Crippen MR) is 135 cm³/mol. The van der Waals surface area contributed by atoms with E-state index in [4.69, 9.17) is 4.74 Å². The fraction of sp³-hybridized carbons (Fsp3) is 0.615. The Labute approximate surface area is 210 Å². The number of hydrogen-bond donors (Lipinski definition) is 3. The maximum atomic E-state index is 14.8. The summed E-state index contributed by atoms with van der Waals surface area (Å²) in [4.78, 5) is 19.2. The molecular formula is C26H36FN3O4S. The lowest BCUT2D eigenvalue weighted by molar-refractivity contribution is -0.143. The van der Waals surface area contributed by atoms with E-state index in [0.29, 0.717) is 35.9 Å². The average Bonchev–Trinajstić information content (AvgIpc) is 3.40. The Hall–Kier alpha value is -1.94. The van der Waals surface area contributed by atoms with Crippen molar-refractivity contribution in [3.05, 3.63) is 35.8 Å². The van der Waals surface area contributed by atoms with Crippen LogP contribution in [0.2, 0.25) is 0 Å². The molecule has 2 aliphatic rings. The molecule has 0 spiro atoms. The molecule has 1 aliphatic carbocycles. The smallest absolute Gasteiger partial charge is 0.249 e. The van der Waals surface area contributed by atoms with Gasteiger partial charge in [-0.05, 0) is 69.8 Å². The number of aliphatic hydroxyl groups excluding tert-OH is 1. The van der Waals surface area contributed by atoms with Crippen LogP contribution in [0.3, 0.4) is 0 Å². The first-order valence-electron chi connectivity index (χ1n) is 12.5. The van der Waals surface area contributed by atoms with Crippen LogP contribution < -0.4 is 10.2 Å². The molecule has 0 bridgehead atoms. The highest BCUT2D eigenvalue weighted by Gasteiger charge is 2.41. The van der Waals surface area contributed by atoms with Gasteiger partial charge in [0, 0.05) is 28.5 Å². The van der Waals surface area contributed by atoms with Crippen LogP contribution in [0.4, 0.5) is 4.39 Å². The third-order valence-electron chi connectivity index (χ3n) is 7.76. The first-order valence-corrected chi connectivity index (χ1v) is 13.6. The van der Waals surface area contributed by atoms with Crippen molar-refractivity contribution in [1.29, 1.82) is 0 Å². The van der Waals surface area contributed by atoms with Gasteiger partial charge in [-0.25, -0.2) is 9.87 Å². The Morgan fingerprint density at radius 2 is 2.09 bits per heavy atom. The number of fused-ring (bicyclic) bond motifs is 1. The normalized spacial score (nSPS) is 19.7. The van der Waals surface area contributed by atoms with Crippen LogP contribution in [0.25, 0.3) is 10.9 Å². The number of hydrogen-bond acceptors (Lipinski definition) is 7. The van der Waals surface area contributed by atoms with Gasteiger partial charge in [-0.1, -0.05) is 12.8 Å². The summed E-state index contributed by atoms with van der Waals surface area (Å²) in [5.41, 5.74) is 1.78. The molecule has 3 N–H and O–H groups in total. The van der Waals surface area contributed by atoms with Crippen molar-refractivity contribution < 1.29 is 24.2 Å². The van der Waals surface area contributed by atoms with Gasteiger partial charge in [-0.15, -0.1) is 0 Å². The summed E-state index contributed by atoms with van der Waals surface area (Å²) in [6.45, 7) is 2.52. The Kier molecular flexibility index (Phi) is 8.86. The maximum absolute atomic E-state index is 14.8. The van der Waals surface area contributed by atoms with Gasteiger partial charge in [0.15, 0.2) is 0 Å². The van der Waals surface area contributed by atoms with Crippen LogP contribution in [0, 0.1) is 11.2 Å². The first-order chi connectivity index (χ1) is 17.0. The molecule has 1 amide bonds. The van der Waals surface area contributed by atoms with Crippen molar-refractivity contribution >= 4 is 28.6 Å². The lowest BCUT2D eigenvalue weighted by Gasteiger charge is -2.40. The average molecular weight is 506 g/mol. The van der Waals surface area contributed by atoms with Gasteiger partial charge < -0.3 is 14.7 Å². The number of aliphatic hydroxyl groups is 1. The van der Waals surface area contributed by atoms with Gasteiger partial charge in [-0.2, -0.15) is 11.8 Å². The molecule has 1 aromatic heterocycles. The number of methoxy groups -OCH3 is 1. The highest BCUT2D eigenvalue weighted by Crippen LogP contribution is 2.40. The Bertz CT molecular complexity index is 1010. The fourth-order valence-electron chi connectivity index (χ4n) is 5.51. The second-order valence-electron chi connectivity index (χ2n) is 9.80. The minimum Gasteiger partial charge on any atom is -0.497 e. The molecule has 1 saturated heterocycles. The molecule has 2 heterocycles. The number of likely N-dealkylation sites (tertiary alicyclic amines) is 1. The molecule has 192 valence electrons. The largest absolute Gasteiger partial charge is 0.497 e. The van der Waals surface area contributed by atoms with E-state index in [1.165, 1.54) is 32.8 Å². The second kappa shape index (κ2) is 11.9. The minimum absolute atomic E-state index is 0.162. The zero-order chi connectivity index (χ0) is 24.8. The van der Waals surface area contributed by atoms with Gasteiger partial charge in [-0.3, -0.25) is 15.0 Å². The number of rotatable bonds is 10. The quantitative estimate of drug-likeness (QED) is 0.324. The van der Waals surface area contributed by atoms with Crippen LogP contribution in [-0.2, 0) is 4.79 Å². The summed E-state index contributed by atoms with van der Waals surface area (Å²) in [6.07, 6.45) is 7.07. The van der Waals surface area contributed by atoms with Crippen molar-refractivity contribution in [1.82, 2.24) is 15.4 Å². The summed E-state index contributed by atoms with van der Waals surface area (Å²) >= 11 is 2.06. The van der Waals surface area contributed by atoms with Crippen molar-refractivity contribution in [2.75, 3.05) is 32.5 Å². The Balaban J connectivity index is 1.40. The van der Waals surface area contributed by atoms with Crippen molar-refractivity contribution in [3.8, 4) is 5.75 Å². The van der Waals surface area contributed by atoms with Crippen LogP contribution in [0.1, 0.15) is 63.0 Å². The fourth-order valence-corrected chi connectivity index (χ4v) is 6.87. The topological polar surface area (TPSA) is 94.9 Å². The van der Waals surface area contributed by atoms with Gasteiger partial charge in [0.25, 0.3) is 0 Å². The molecule has 1 aliphatic heterocycles. The standard InChI is InChI=1S/C26H36FN3O4S/c1-34-18-6-7-22-20(16-18)24(21(27)17-28-22)23(31)8-9-26(25(32)29-33)10-12-30(13-11-26)14-15-35-19-4-2-3-5-19/h6-7,16-17,19,23,31,33H,2-5,8-15H2,1H3,(H,29,32)/t23-/m1/s1. The highest BCUT2D eigenvalue weighted by molar-refractivity contribution is 7.99. The number of amides is 1. The van der Waals surface area contributed by atoms with Gasteiger partial charge in [0.05, 0.1) is 30.3 Å². The van der Waals surface area contributed by atoms with E-state index in [-0.39, 0.29) is 12.0 Å². The van der Waals surface area contributed by atoms with Crippen LogP contribution >= 0.6 is 11.8 Å². The zero-order valence-corrected chi connectivity index (χ0v) is 21.2. The number of carbonyl (C=O) groups excluding carboxylic acids is 1. The first kappa shape index (κ1) is 26.1. The molecule has 2 fully saturated rings. The van der Waals surface area contributed by atoms with Crippen molar-refractivity contribution in [3.63, 3.8) is 0 Å². The summed E-state index contributed by atoms with van der Waals surface area (Å²) in [7, 11) is 1.53. The van der Waals surface area contributed by atoms with Crippen LogP contribution in [-0.4, -0.2) is 63.9 Å². The number of carbonyl (C=O) groups is 1. The number of ether oxygens (including phenoxy) is 1. The molecule has 7 nitrogen and oxygen atoms in total. The number of pyridine rings is 1. The molecule has 1 saturated carbocycles. The number of halogens is 1. The Morgan fingerprint density at radius 1 is 1.34 bits per heavy atom. The molecule has 1 aromatic carbocycles. The van der Waals surface area contributed by atoms with E-state index in [1.807, 2.05) is 5.48 Å². The molecule has 4 rings (SSSR count). The predicted octanol–water partition coefficient (Wildman–Crippen LogP) is 4.46. The van der Waals surface area contributed by atoms with E-state index < -0.39 is 23.2 Å². The SMILES string of the molecule is COc1ccc2ncc(F)c([C@H](O)CCC3(C(=O)NO)CCN(CCSC4CCCC4)CC3)c2c1. The van der Waals surface area contributed by atoms with E-state index in [9.17, 15) is 19.5 Å². The van der Waals surface area contributed by atoms with Crippen LogP contribution in [0.15, 0.2) is 24.4 Å². The monoisotopic (exact) mass is 505 g/mol. The van der Waals surface area contributed by atoms with Crippen molar-refractivity contribution in [2.45, 2.75) is 62.7 Å². The number of nitrogens with one attached hydrogen (secondary N) is 1. The van der Waals surface area contributed by atoms with Crippen molar-refractivity contribution in [2.24, 2.45) is 5.41 Å². The van der Waals surface area contributed by atoms with Gasteiger partial charge in [0.1, 0.15) is 11.6 Å². The molecular weight excluding hydrogens is 469 g/mol. The lowest BCUT2D eigenvalue weighted by Crippen LogP contribution is -2.48. The van der Waals surface area contributed by atoms with Gasteiger partial charge in [0.2, 0.25) is 5.91 Å². The third-order valence-corrected chi connectivity index (χ3v) is 9.12. The van der Waals surface area contributed by atoms with E-state index in [1.54, 1.807) is 18.2 Å². The number of benzene rings is 1. The molecule has 2 aromatic rings. The number of aromatic nitrogens is 1. The number of thioether (sulfide) groups is 1. The molecule has 9 heteroatoms. The van der Waals surface area contributed by atoms with E-state index >= 15 is 0 Å². The summed E-state index contributed by atoms with van der Waals surface area (Å²) in [6, 6.07) is 5.14. The van der Waals surface area contributed by atoms with E-state index in [2.05, 4.69) is 21.6 Å². The second-order valence-corrected chi connectivity index (χ2v) is 11.2. The zero-order valence-electron chi connectivity index (χ0n) is 20.3. The minimum atomic E-state index is -1.11. The summed E-state index contributed by atoms with van der Waals surface area (Å²) < 4.78 is 20.0.